The molecular weight excluding hydrogens is 152 g/mol. The van der Waals surface area contributed by atoms with Crippen LogP contribution >= 0.6 is 0 Å². The fourth-order valence-corrected chi connectivity index (χ4v) is 0.922. The lowest BCUT2D eigenvalue weighted by molar-refractivity contribution is -0.217. The minimum Gasteiger partial charge on any atom is -0.387 e. The molecule has 1 rings (SSSR count). The summed E-state index contributed by atoms with van der Waals surface area (Å²) in [5.41, 5.74) is 0. The van der Waals surface area contributed by atoms with Gasteiger partial charge in [0.05, 0.1) is 6.10 Å². The molecule has 0 spiro atoms. The molecule has 0 saturated carbocycles. The predicted octanol–water partition coefficient (Wildman–Crippen LogP) is -1.99. The summed E-state index contributed by atoms with van der Waals surface area (Å²) in [6.07, 6.45) is -5.11. The molecule has 0 aromatic rings. The number of aliphatic hydroxyl groups is 3. The molecule has 1 fully saturated rings. The summed E-state index contributed by atoms with van der Waals surface area (Å²) in [6.45, 7) is 1.46. The quantitative estimate of drug-likeness (QED) is 0.384. The van der Waals surface area contributed by atoms with E-state index in [1.54, 1.807) is 0 Å². The van der Waals surface area contributed by atoms with E-state index >= 15 is 0 Å². The number of hydrogen-bond donors (Lipinski definition) is 3. The Morgan fingerprint density at radius 2 is 1.91 bits per heavy atom. The van der Waals surface area contributed by atoms with Gasteiger partial charge >= 0.3 is 0 Å². The van der Waals surface area contributed by atoms with Gasteiger partial charge < -0.3 is 20.1 Å². The highest BCUT2D eigenvalue weighted by Gasteiger charge is 2.40. The van der Waals surface area contributed by atoms with Crippen molar-refractivity contribution >= 4 is 5.78 Å². The molecule has 5 nitrogen and oxygen atoms in total. The summed E-state index contributed by atoms with van der Waals surface area (Å²) in [7, 11) is 0. The summed E-state index contributed by atoms with van der Waals surface area (Å²) >= 11 is 0. The van der Waals surface area contributed by atoms with Gasteiger partial charge in [0, 0.05) is 0 Å². The molecule has 3 N–H and O–H groups in total. The van der Waals surface area contributed by atoms with E-state index in [9.17, 15) is 4.79 Å². The zero-order chi connectivity index (χ0) is 8.59. The van der Waals surface area contributed by atoms with Gasteiger partial charge in [-0.15, -0.1) is 0 Å². The second-order valence-corrected chi connectivity index (χ2v) is 2.53. The first-order valence-electron chi connectivity index (χ1n) is 3.27. The highest BCUT2D eigenvalue weighted by Crippen LogP contribution is 2.15. The van der Waals surface area contributed by atoms with Crippen LogP contribution in [0.4, 0.5) is 0 Å². The number of carbonyl (C=O) groups excluding carboxylic acids is 1. The largest absolute Gasteiger partial charge is 0.387 e. The zero-order valence-electron chi connectivity index (χ0n) is 5.97. The lowest BCUT2D eigenvalue weighted by Crippen LogP contribution is -2.53. The SMILES string of the molecule is CC1OC(O)C(=O)C(O)[C@H]1O. The lowest BCUT2D eigenvalue weighted by Gasteiger charge is -2.31. The number of ether oxygens (including phenoxy) is 1. The third-order valence-electron chi connectivity index (χ3n) is 1.68. The molecule has 0 aliphatic carbocycles. The van der Waals surface area contributed by atoms with Crippen molar-refractivity contribution in [2.24, 2.45) is 0 Å². The number of ketones is 1. The molecule has 1 aliphatic rings. The molecular formula is C6H10O5. The molecule has 3 unspecified atom stereocenters. The fraction of sp³-hybridized carbons (Fsp3) is 0.833. The highest BCUT2D eigenvalue weighted by molar-refractivity contribution is 5.87. The van der Waals surface area contributed by atoms with Crippen LogP contribution < -0.4 is 0 Å². The average molecular weight is 162 g/mol. The van der Waals surface area contributed by atoms with E-state index in [1.807, 2.05) is 0 Å². The number of aliphatic hydroxyl groups excluding tert-OH is 3. The topological polar surface area (TPSA) is 87.0 Å². The van der Waals surface area contributed by atoms with Gasteiger partial charge in [0.15, 0.2) is 0 Å². The second-order valence-electron chi connectivity index (χ2n) is 2.53. The van der Waals surface area contributed by atoms with Crippen LogP contribution in [0.3, 0.4) is 0 Å². The van der Waals surface area contributed by atoms with Gasteiger partial charge in [-0.1, -0.05) is 0 Å². The molecule has 4 atom stereocenters. The Kier molecular flexibility index (Phi) is 2.24. The van der Waals surface area contributed by atoms with Gasteiger partial charge in [-0.25, -0.2) is 0 Å². The average Bonchev–Trinajstić information content (AvgIpc) is 1.97. The molecule has 11 heavy (non-hydrogen) atoms. The Bertz CT molecular complexity index is 168. The first-order valence-corrected chi connectivity index (χ1v) is 3.27. The van der Waals surface area contributed by atoms with Crippen LogP contribution in [0.25, 0.3) is 0 Å². The van der Waals surface area contributed by atoms with Crippen LogP contribution in [-0.4, -0.2) is 45.7 Å². The Labute approximate surface area is 63.2 Å². The number of rotatable bonds is 0. The van der Waals surface area contributed by atoms with Crippen molar-refractivity contribution in [1.29, 1.82) is 0 Å². The van der Waals surface area contributed by atoms with Crippen LogP contribution in [0.1, 0.15) is 6.92 Å². The minimum absolute atomic E-state index is 0.724. The van der Waals surface area contributed by atoms with Crippen molar-refractivity contribution in [2.45, 2.75) is 31.5 Å². The van der Waals surface area contributed by atoms with Gasteiger partial charge in [-0.3, -0.25) is 4.79 Å². The molecule has 64 valence electrons. The van der Waals surface area contributed by atoms with E-state index in [-0.39, 0.29) is 0 Å². The highest BCUT2D eigenvalue weighted by atomic mass is 16.6. The smallest absolute Gasteiger partial charge is 0.219 e. The molecule has 0 aromatic carbocycles. The molecule has 0 radical (unpaired) electrons. The molecule has 0 aromatic heterocycles. The summed E-state index contributed by atoms with van der Waals surface area (Å²) in [4.78, 5) is 10.7. The molecule has 1 aliphatic heterocycles. The number of carbonyl (C=O) groups is 1. The van der Waals surface area contributed by atoms with E-state index < -0.39 is 30.4 Å². The van der Waals surface area contributed by atoms with Crippen molar-refractivity contribution in [1.82, 2.24) is 0 Å². The summed E-state index contributed by atoms with van der Waals surface area (Å²) in [5, 5.41) is 26.8. The van der Waals surface area contributed by atoms with Crippen molar-refractivity contribution < 1.29 is 24.9 Å². The minimum atomic E-state index is -1.61. The van der Waals surface area contributed by atoms with Gasteiger partial charge in [-0.05, 0) is 6.92 Å². The first kappa shape index (κ1) is 8.61. The maximum atomic E-state index is 10.7. The Hall–Kier alpha value is -0.490. The zero-order valence-corrected chi connectivity index (χ0v) is 5.97. The van der Waals surface area contributed by atoms with E-state index in [2.05, 4.69) is 4.74 Å². The van der Waals surface area contributed by atoms with Crippen molar-refractivity contribution in [3.8, 4) is 0 Å². The molecule has 0 amide bonds. The van der Waals surface area contributed by atoms with E-state index in [1.165, 1.54) is 6.92 Å². The van der Waals surface area contributed by atoms with Gasteiger partial charge in [0.1, 0.15) is 12.2 Å². The van der Waals surface area contributed by atoms with Crippen molar-refractivity contribution in [3.63, 3.8) is 0 Å². The van der Waals surface area contributed by atoms with E-state index in [0.717, 1.165) is 0 Å². The van der Waals surface area contributed by atoms with Crippen molar-refractivity contribution in [2.75, 3.05) is 0 Å². The van der Waals surface area contributed by atoms with Gasteiger partial charge in [0.25, 0.3) is 0 Å². The van der Waals surface area contributed by atoms with Crippen LogP contribution in [-0.2, 0) is 9.53 Å². The summed E-state index contributed by atoms with van der Waals surface area (Å²) in [6, 6.07) is 0. The molecule has 5 heteroatoms. The van der Waals surface area contributed by atoms with Gasteiger partial charge in [-0.2, -0.15) is 0 Å². The Morgan fingerprint density at radius 3 is 2.45 bits per heavy atom. The standard InChI is InChI=1S/C6H10O5/c1-2-3(7)4(8)5(9)6(10)11-2/h2-4,6-8,10H,1H3/t2?,3-,4?,6?/m0/s1. The Balaban J connectivity index is 2.70. The number of hydrogen-bond acceptors (Lipinski definition) is 5. The summed E-state index contributed by atoms with van der Waals surface area (Å²) < 4.78 is 4.58. The maximum Gasteiger partial charge on any atom is 0.219 e. The third-order valence-corrected chi connectivity index (χ3v) is 1.68. The predicted molar refractivity (Wildman–Crippen MR) is 33.6 cm³/mol. The van der Waals surface area contributed by atoms with Gasteiger partial charge in [0.2, 0.25) is 12.1 Å². The van der Waals surface area contributed by atoms with Crippen LogP contribution in [0, 0.1) is 0 Å². The fourth-order valence-electron chi connectivity index (χ4n) is 0.922. The third kappa shape index (κ3) is 1.41. The summed E-state index contributed by atoms with van der Waals surface area (Å²) in [5.74, 6) is -0.893. The second kappa shape index (κ2) is 2.86. The van der Waals surface area contributed by atoms with Crippen LogP contribution in [0.2, 0.25) is 0 Å². The van der Waals surface area contributed by atoms with Crippen molar-refractivity contribution in [3.05, 3.63) is 0 Å². The number of Topliss-reactive ketones (excluding diaryl/α,β-unsaturated/α-hetero) is 1. The lowest BCUT2D eigenvalue weighted by atomic mass is 10.0. The molecule has 1 saturated heterocycles. The maximum absolute atomic E-state index is 10.7. The molecule has 1 heterocycles. The van der Waals surface area contributed by atoms with Crippen LogP contribution in [0.5, 0.6) is 0 Å². The van der Waals surface area contributed by atoms with E-state index in [0.29, 0.717) is 0 Å². The van der Waals surface area contributed by atoms with Crippen LogP contribution in [0.15, 0.2) is 0 Å². The first-order chi connectivity index (χ1) is 5.04. The Morgan fingerprint density at radius 1 is 1.36 bits per heavy atom. The van der Waals surface area contributed by atoms with E-state index in [4.69, 9.17) is 15.3 Å². The monoisotopic (exact) mass is 162 g/mol. The molecule has 0 bridgehead atoms. The normalized spacial score (nSPS) is 46.0.